The molecule has 0 atom stereocenters. The van der Waals surface area contributed by atoms with Gasteiger partial charge in [0.15, 0.2) is 0 Å². The lowest BCUT2D eigenvalue weighted by Gasteiger charge is -2.35. The molecule has 0 bridgehead atoms. The monoisotopic (exact) mass is 451 g/mol. The van der Waals surface area contributed by atoms with Crippen LogP contribution in [0.2, 0.25) is 5.02 Å². The third kappa shape index (κ3) is 4.39. The number of anilines is 2. The summed E-state index contributed by atoms with van der Waals surface area (Å²) in [6.45, 7) is 8.62. The van der Waals surface area contributed by atoms with E-state index in [1.165, 1.54) is 10.4 Å². The van der Waals surface area contributed by atoms with Gasteiger partial charge in [0, 0.05) is 56.1 Å². The van der Waals surface area contributed by atoms with Gasteiger partial charge in [0.2, 0.25) is 16.0 Å². The Labute approximate surface area is 182 Å². The van der Waals surface area contributed by atoms with E-state index in [9.17, 15) is 8.42 Å². The predicted octanol–water partition coefficient (Wildman–Crippen LogP) is 2.09. The minimum Gasteiger partial charge on any atom is -0.378 e. The molecule has 0 saturated carbocycles. The minimum absolute atomic E-state index is 0.235. The van der Waals surface area contributed by atoms with Crippen LogP contribution < -0.4 is 9.80 Å². The van der Waals surface area contributed by atoms with Crippen LogP contribution in [0.4, 0.5) is 11.8 Å². The van der Waals surface area contributed by atoms with Crippen molar-refractivity contribution in [2.24, 2.45) is 0 Å². The molecule has 0 radical (unpaired) electrons. The summed E-state index contributed by atoms with van der Waals surface area (Å²) in [5.41, 5.74) is 1.75. The molecule has 8 nitrogen and oxygen atoms in total. The van der Waals surface area contributed by atoms with Crippen LogP contribution in [-0.4, -0.2) is 75.2 Å². The third-order valence-electron chi connectivity index (χ3n) is 5.47. The first kappa shape index (κ1) is 21.3. The number of aromatic nitrogens is 2. The van der Waals surface area contributed by atoms with Crippen LogP contribution >= 0.6 is 11.6 Å². The van der Waals surface area contributed by atoms with Crippen LogP contribution in [0.5, 0.6) is 0 Å². The fraction of sp³-hybridized carbons (Fsp3) is 0.500. The second-order valence-electron chi connectivity index (χ2n) is 7.57. The van der Waals surface area contributed by atoms with Gasteiger partial charge in [-0.2, -0.15) is 9.29 Å². The van der Waals surface area contributed by atoms with Crippen LogP contribution in [0.25, 0.3) is 0 Å². The number of ether oxygens (including phenoxy) is 1. The summed E-state index contributed by atoms with van der Waals surface area (Å²) in [7, 11) is -3.57. The van der Waals surface area contributed by atoms with Gasteiger partial charge in [-0.15, -0.1) is 0 Å². The molecule has 2 saturated heterocycles. The minimum atomic E-state index is -3.57. The van der Waals surface area contributed by atoms with E-state index >= 15 is 0 Å². The average Bonchev–Trinajstić information content (AvgIpc) is 2.76. The van der Waals surface area contributed by atoms with Crippen molar-refractivity contribution in [3.05, 3.63) is 40.5 Å². The summed E-state index contributed by atoms with van der Waals surface area (Å²) in [6.07, 6.45) is 0. The van der Waals surface area contributed by atoms with Crippen LogP contribution in [0, 0.1) is 13.8 Å². The highest BCUT2D eigenvalue weighted by atomic mass is 35.5. The lowest BCUT2D eigenvalue weighted by atomic mass is 10.2. The number of piperazine rings is 1. The number of hydrogen-bond acceptors (Lipinski definition) is 7. The van der Waals surface area contributed by atoms with Crippen molar-refractivity contribution in [3.63, 3.8) is 0 Å². The van der Waals surface area contributed by atoms with E-state index < -0.39 is 10.0 Å². The number of sulfonamides is 1. The lowest BCUT2D eigenvalue weighted by Crippen LogP contribution is -2.49. The van der Waals surface area contributed by atoms with Crippen molar-refractivity contribution in [1.29, 1.82) is 0 Å². The van der Waals surface area contributed by atoms with Crippen LogP contribution in [0.1, 0.15) is 11.3 Å². The Kier molecular flexibility index (Phi) is 6.15. The number of halogens is 1. The zero-order valence-corrected chi connectivity index (χ0v) is 18.8. The molecule has 4 rings (SSSR count). The predicted molar refractivity (Wildman–Crippen MR) is 117 cm³/mol. The summed E-state index contributed by atoms with van der Waals surface area (Å²) in [5, 5.41) is 0.460. The number of nitrogens with zero attached hydrogens (tertiary/aromatic N) is 5. The fourth-order valence-electron chi connectivity index (χ4n) is 3.64. The SMILES string of the molecule is Cc1cc(N2CCN(S(=O)(=O)c3ccc(C)c(Cl)c3)CC2)nc(N2CCOCC2)n1. The lowest BCUT2D eigenvalue weighted by molar-refractivity contribution is 0.122. The van der Waals surface area contributed by atoms with Crippen molar-refractivity contribution in [1.82, 2.24) is 14.3 Å². The average molecular weight is 452 g/mol. The van der Waals surface area contributed by atoms with Gasteiger partial charge in [-0.1, -0.05) is 17.7 Å². The summed E-state index contributed by atoms with van der Waals surface area (Å²) < 4.78 is 33.0. The molecular weight excluding hydrogens is 426 g/mol. The van der Waals surface area contributed by atoms with E-state index in [0.717, 1.165) is 30.2 Å². The van der Waals surface area contributed by atoms with Gasteiger partial charge in [0.1, 0.15) is 5.82 Å². The molecule has 0 N–H and O–H groups in total. The molecule has 3 heterocycles. The fourth-order valence-corrected chi connectivity index (χ4v) is 5.34. The molecule has 1 aromatic heterocycles. The molecule has 30 heavy (non-hydrogen) atoms. The maximum atomic E-state index is 13.0. The highest BCUT2D eigenvalue weighted by Gasteiger charge is 2.29. The standard InChI is InChI=1S/C20H26ClN5O3S/c1-15-3-4-17(14-18(15)21)30(27,28)26-7-5-24(6-8-26)19-13-16(2)22-20(23-19)25-9-11-29-12-10-25/h3-4,13-14H,5-12H2,1-2H3. The maximum absolute atomic E-state index is 13.0. The molecule has 2 fully saturated rings. The van der Waals surface area contributed by atoms with Gasteiger partial charge < -0.3 is 14.5 Å². The van der Waals surface area contributed by atoms with Crippen molar-refractivity contribution in [2.75, 3.05) is 62.3 Å². The molecule has 0 amide bonds. The summed E-state index contributed by atoms with van der Waals surface area (Å²) in [5.74, 6) is 1.54. The van der Waals surface area contributed by atoms with Crippen molar-refractivity contribution in [2.45, 2.75) is 18.7 Å². The first-order valence-corrected chi connectivity index (χ1v) is 11.9. The molecule has 2 aliphatic heterocycles. The Morgan fingerprint density at radius 3 is 2.30 bits per heavy atom. The first-order chi connectivity index (χ1) is 14.3. The summed E-state index contributed by atoms with van der Waals surface area (Å²) in [6, 6.07) is 6.84. The summed E-state index contributed by atoms with van der Waals surface area (Å²) >= 11 is 6.14. The van der Waals surface area contributed by atoms with E-state index in [4.69, 9.17) is 21.3 Å². The van der Waals surface area contributed by atoms with Crippen LogP contribution in [0.15, 0.2) is 29.2 Å². The number of rotatable bonds is 4. The molecule has 2 aromatic rings. The van der Waals surface area contributed by atoms with E-state index in [0.29, 0.717) is 50.4 Å². The number of morpholine rings is 1. The Morgan fingerprint density at radius 2 is 1.63 bits per heavy atom. The molecular formula is C20H26ClN5O3S. The molecule has 0 spiro atoms. The molecule has 2 aliphatic rings. The van der Waals surface area contributed by atoms with Crippen molar-refractivity contribution in [3.8, 4) is 0 Å². The molecule has 1 aromatic carbocycles. The number of benzene rings is 1. The molecule has 0 unspecified atom stereocenters. The summed E-state index contributed by atoms with van der Waals surface area (Å²) in [4.78, 5) is 13.8. The van der Waals surface area contributed by atoms with E-state index in [1.54, 1.807) is 12.1 Å². The zero-order chi connectivity index (χ0) is 21.3. The molecule has 10 heteroatoms. The number of aryl methyl sites for hydroxylation is 2. The Morgan fingerprint density at radius 1 is 0.933 bits per heavy atom. The topological polar surface area (TPSA) is 78.9 Å². The van der Waals surface area contributed by atoms with E-state index in [2.05, 4.69) is 14.8 Å². The Bertz CT molecular complexity index is 1020. The highest BCUT2D eigenvalue weighted by Crippen LogP contribution is 2.25. The van der Waals surface area contributed by atoms with Gasteiger partial charge in [-0.3, -0.25) is 0 Å². The van der Waals surface area contributed by atoms with Gasteiger partial charge in [0.25, 0.3) is 0 Å². The van der Waals surface area contributed by atoms with Crippen LogP contribution in [0.3, 0.4) is 0 Å². The second-order valence-corrected chi connectivity index (χ2v) is 9.91. The van der Waals surface area contributed by atoms with Gasteiger partial charge >= 0.3 is 0 Å². The smallest absolute Gasteiger partial charge is 0.243 e. The third-order valence-corrected chi connectivity index (χ3v) is 7.77. The largest absolute Gasteiger partial charge is 0.378 e. The first-order valence-electron chi connectivity index (χ1n) is 10.0. The van der Waals surface area contributed by atoms with Gasteiger partial charge in [-0.25, -0.2) is 13.4 Å². The van der Waals surface area contributed by atoms with Gasteiger partial charge in [-0.05, 0) is 31.5 Å². The quantitative estimate of drug-likeness (QED) is 0.704. The highest BCUT2D eigenvalue weighted by molar-refractivity contribution is 7.89. The van der Waals surface area contributed by atoms with Crippen molar-refractivity contribution >= 4 is 33.4 Å². The maximum Gasteiger partial charge on any atom is 0.243 e. The molecule has 0 aliphatic carbocycles. The normalized spacial score (nSPS) is 18.6. The second kappa shape index (κ2) is 8.66. The Balaban J connectivity index is 1.48. The zero-order valence-electron chi connectivity index (χ0n) is 17.2. The van der Waals surface area contributed by atoms with Gasteiger partial charge in [0.05, 0.1) is 18.1 Å². The molecule has 162 valence electrons. The van der Waals surface area contributed by atoms with E-state index in [-0.39, 0.29) is 4.90 Å². The van der Waals surface area contributed by atoms with E-state index in [1.807, 2.05) is 19.9 Å². The van der Waals surface area contributed by atoms with Crippen molar-refractivity contribution < 1.29 is 13.2 Å². The Hall–Kier alpha value is -1.94. The number of hydrogen-bond donors (Lipinski definition) is 0. The van der Waals surface area contributed by atoms with Crippen LogP contribution in [-0.2, 0) is 14.8 Å².